The van der Waals surface area contributed by atoms with Gasteiger partial charge in [0.2, 0.25) is 0 Å². The van der Waals surface area contributed by atoms with E-state index in [4.69, 9.17) is 4.74 Å². The molecule has 2 N–H and O–H groups in total. The fourth-order valence-corrected chi connectivity index (χ4v) is 3.39. The van der Waals surface area contributed by atoms with Crippen LogP contribution in [0.4, 0.5) is 10.1 Å². The molecule has 4 rings (SSSR count). The first-order chi connectivity index (χ1) is 15.9. The molecule has 4 aromatic rings. The fraction of sp³-hybridized carbons (Fsp3) is 0.0370. The predicted molar refractivity (Wildman–Crippen MR) is 124 cm³/mol. The molecule has 0 spiro atoms. The van der Waals surface area contributed by atoms with Crippen LogP contribution in [0, 0.1) is 12.7 Å². The number of aromatic carboxylic acids is 1. The van der Waals surface area contributed by atoms with Gasteiger partial charge in [-0.1, -0.05) is 36.4 Å². The SMILES string of the molecule is Cc1cc(-c2ccc(C(=O)Nc3ccccc3C(=O)O)cc2Oc2ccccc2)ccc1F. The average Bonchev–Trinajstić information content (AvgIpc) is 2.82. The van der Waals surface area contributed by atoms with E-state index in [2.05, 4.69) is 5.32 Å². The third-order valence-electron chi connectivity index (χ3n) is 5.09. The van der Waals surface area contributed by atoms with Gasteiger partial charge in [-0.05, 0) is 72.6 Å². The van der Waals surface area contributed by atoms with Crippen molar-refractivity contribution in [1.82, 2.24) is 0 Å². The summed E-state index contributed by atoms with van der Waals surface area (Å²) in [5.74, 6) is -0.945. The quantitative estimate of drug-likeness (QED) is 0.356. The molecule has 0 heterocycles. The minimum atomic E-state index is -1.14. The number of hydrogen-bond donors (Lipinski definition) is 2. The lowest BCUT2D eigenvalue weighted by atomic mass is 10.00. The molecule has 1 amide bonds. The van der Waals surface area contributed by atoms with Crippen molar-refractivity contribution in [1.29, 1.82) is 0 Å². The minimum absolute atomic E-state index is 0.00924. The summed E-state index contributed by atoms with van der Waals surface area (Å²) in [6, 6.07) is 25.0. The molecule has 0 bridgehead atoms. The molecule has 0 unspecified atom stereocenters. The Labute approximate surface area is 190 Å². The highest BCUT2D eigenvalue weighted by Crippen LogP contribution is 2.35. The van der Waals surface area contributed by atoms with Crippen molar-refractivity contribution in [2.45, 2.75) is 6.92 Å². The topological polar surface area (TPSA) is 75.6 Å². The van der Waals surface area contributed by atoms with Crippen LogP contribution in [0.1, 0.15) is 26.3 Å². The lowest BCUT2D eigenvalue weighted by molar-refractivity contribution is 0.0698. The van der Waals surface area contributed by atoms with Crippen LogP contribution in [0.2, 0.25) is 0 Å². The van der Waals surface area contributed by atoms with Crippen molar-refractivity contribution >= 4 is 17.6 Å². The van der Waals surface area contributed by atoms with Crippen molar-refractivity contribution in [3.05, 3.63) is 114 Å². The summed E-state index contributed by atoms with van der Waals surface area (Å²) in [5, 5.41) is 12.0. The van der Waals surface area contributed by atoms with Gasteiger partial charge < -0.3 is 15.2 Å². The summed E-state index contributed by atoms with van der Waals surface area (Å²) < 4.78 is 19.9. The summed E-state index contributed by atoms with van der Waals surface area (Å²) in [4.78, 5) is 24.4. The first-order valence-electron chi connectivity index (χ1n) is 10.2. The number of anilines is 1. The Balaban J connectivity index is 1.73. The van der Waals surface area contributed by atoms with Gasteiger partial charge in [0.15, 0.2) is 0 Å². The van der Waals surface area contributed by atoms with E-state index >= 15 is 0 Å². The first kappa shape index (κ1) is 21.8. The molecule has 0 aliphatic rings. The predicted octanol–water partition coefficient (Wildman–Crippen LogP) is 6.54. The molecule has 0 atom stereocenters. The highest BCUT2D eigenvalue weighted by molar-refractivity contribution is 6.08. The molecule has 5 nitrogen and oxygen atoms in total. The number of carboxylic acids is 1. The minimum Gasteiger partial charge on any atom is -0.478 e. The van der Waals surface area contributed by atoms with Gasteiger partial charge in [0, 0.05) is 11.1 Å². The second-order valence-corrected chi connectivity index (χ2v) is 7.39. The van der Waals surface area contributed by atoms with Crippen molar-refractivity contribution in [2.24, 2.45) is 0 Å². The number of aryl methyl sites for hydroxylation is 1. The van der Waals surface area contributed by atoms with Crippen molar-refractivity contribution in [3.63, 3.8) is 0 Å². The summed E-state index contributed by atoms with van der Waals surface area (Å²) in [5.41, 5.74) is 2.38. The Kier molecular flexibility index (Phi) is 6.17. The highest BCUT2D eigenvalue weighted by Gasteiger charge is 2.16. The van der Waals surface area contributed by atoms with E-state index in [1.165, 1.54) is 18.2 Å². The van der Waals surface area contributed by atoms with Crippen LogP contribution in [0.25, 0.3) is 11.1 Å². The zero-order chi connectivity index (χ0) is 23.4. The molecule has 0 radical (unpaired) electrons. The summed E-state index contributed by atoms with van der Waals surface area (Å²) >= 11 is 0. The first-order valence-corrected chi connectivity index (χ1v) is 10.2. The summed E-state index contributed by atoms with van der Waals surface area (Å²) in [7, 11) is 0. The molecule has 0 aromatic heterocycles. The summed E-state index contributed by atoms with van der Waals surface area (Å²) in [6.45, 7) is 1.68. The number of amides is 1. The third-order valence-corrected chi connectivity index (χ3v) is 5.09. The Morgan fingerprint density at radius 2 is 1.61 bits per heavy atom. The Morgan fingerprint density at radius 3 is 2.33 bits per heavy atom. The number of hydrogen-bond acceptors (Lipinski definition) is 3. The van der Waals surface area contributed by atoms with E-state index in [-0.39, 0.29) is 22.6 Å². The van der Waals surface area contributed by atoms with Crippen LogP contribution >= 0.6 is 0 Å². The van der Waals surface area contributed by atoms with E-state index in [1.54, 1.807) is 61.5 Å². The number of carbonyl (C=O) groups excluding carboxylic acids is 1. The van der Waals surface area contributed by atoms with Crippen LogP contribution < -0.4 is 10.1 Å². The van der Waals surface area contributed by atoms with Gasteiger partial charge in [0.25, 0.3) is 5.91 Å². The lowest BCUT2D eigenvalue weighted by Gasteiger charge is -2.15. The second-order valence-electron chi connectivity index (χ2n) is 7.39. The van der Waals surface area contributed by atoms with Crippen LogP contribution in [0.3, 0.4) is 0 Å². The van der Waals surface area contributed by atoms with Crippen LogP contribution in [-0.4, -0.2) is 17.0 Å². The number of ether oxygens (including phenoxy) is 1. The van der Waals surface area contributed by atoms with Crippen molar-refractivity contribution in [3.8, 4) is 22.6 Å². The standard InChI is InChI=1S/C27H20FNO4/c1-17-15-18(12-14-23(17)28)21-13-11-19(16-25(21)33-20-7-3-2-4-8-20)26(30)29-24-10-6-5-9-22(24)27(31)32/h2-16H,1H3,(H,29,30)(H,31,32). The maximum Gasteiger partial charge on any atom is 0.337 e. The molecule has 164 valence electrons. The molecule has 0 saturated carbocycles. The zero-order valence-electron chi connectivity index (χ0n) is 17.7. The average molecular weight is 441 g/mol. The van der Waals surface area contributed by atoms with Gasteiger partial charge in [-0.3, -0.25) is 4.79 Å². The number of benzene rings is 4. The van der Waals surface area contributed by atoms with Crippen LogP contribution in [0.15, 0.2) is 91.0 Å². The number of carbonyl (C=O) groups is 2. The number of halogens is 1. The zero-order valence-corrected chi connectivity index (χ0v) is 17.7. The molecule has 33 heavy (non-hydrogen) atoms. The highest BCUT2D eigenvalue weighted by atomic mass is 19.1. The van der Waals surface area contributed by atoms with Gasteiger partial charge in [-0.25, -0.2) is 9.18 Å². The van der Waals surface area contributed by atoms with Crippen molar-refractivity contribution in [2.75, 3.05) is 5.32 Å². The van der Waals surface area contributed by atoms with Crippen LogP contribution in [-0.2, 0) is 0 Å². The lowest BCUT2D eigenvalue weighted by Crippen LogP contribution is -2.15. The number of carboxylic acid groups (broad SMARTS) is 1. The fourth-order valence-electron chi connectivity index (χ4n) is 3.39. The molecule has 0 aliphatic carbocycles. The maximum atomic E-state index is 13.8. The van der Waals surface area contributed by atoms with E-state index in [0.717, 1.165) is 5.56 Å². The molecular weight excluding hydrogens is 421 g/mol. The van der Waals surface area contributed by atoms with Gasteiger partial charge in [-0.2, -0.15) is 0 Å². The summed E-state index contributed by atoms with van der Waals surface area (Å²) in [6.07, 6.45) is 0. The number of nitrogens with one attached hydrogen (secondary N) is 1. The van der Waals surface area contributed by atoms with E-state index in [1.807, 2.05) is 18.2 Å². The number of para-hydroxylation sites is 2. The monoisotopic (exact) mass is 441 g/mol. The van der Waals surface area contributed by atoms with Crippen LogP contribution in [0.5, 0.6) is 11.5 Å². The molecule has 0 aliphatic heterocycles. The normalized spacial score (nSPS) is 10.5. The smallest absolute Gasteiger partial charge is 0.337 e. The van der Waals surface area contributed by atoms with Gasteiger partial charge in [0.1, 0.15) is 17.3 Å². The van der Waals surface area contributed by atoms with E-state index < -0.39 is 11.9 Å². The second kappa shape index (κ2) is 9.36. The third kappa shape index (κ3) is 4.91. The molecular formula is C27H20FNO4. The van der Waals surface area contributed by atoms with Gasteiger partial charge in [0.05, 0.1) is 11.3 Å². The van der Waals surface area contributed by atoms with Gasteiger partial charge >= 0.3 is 5.97 Å². The Morgan fingerprint density at radius 1 is 0.879 bits per heavy atom. The number of rotatable bonds is 6. The Bertz CT molecular complexity index is 1340. The molecule has 0 saturated heterocycles. The Hall–Kier alpha value is -4.45. The van der Waals surface area contributed by atoms with E-state index in [9.17, 15) is 19.1 Å². The van der Waals surface area contributed by atoms with E-state index in [0.29, 0.717) is 22.6 Å². The van der Waals surface area contributed by atoms with Crippen molar-refractivity contribution < 1.29 is 23.8 Å². The largest absolute Gasteiger partial charge is 0.478 e. The van der Waals surface area contributed by atoms with Gasteiger partial charge in [-0.15, -0.1) is 0 Å². The molecule has 6 heteroatoms. The molecule has 0 fully saturated rings. The maximum absolute atomic E-state index is 13.8. The molecule has 4 aromatic carbocycles.